The van der Waals surface area contributed by atoms with Crippen LogP contribution in [-0.2, 0) is 4.79 Å². The Labute approximate surface area is 165 Å². The minimum Gasteiger partial charge on any atom is -0.345 e. The van der Waals surface area contributed by atoms with Crippen LogP contribution in [0.2, 0.25) is 0 Å². The monoisotopic (exact) mass is 369 g/mol. The van der Waals surface area contributed by atoms with Crippen molar-refractivity contribution in [3.05, 3.63) is 94.8 Å². The van der Waals surface area contributed by atoms with E-state index in [4.69, 9.17) is 0 Å². The highest BCUT2D eigenvalue weighted by molar-refractivity contribution is 6.01. The Morgan fingerprint density at radius 1 is 1.07 bits per heavy atom. The van der Waals surface area contributed by atoms with Gasteiger partial charge in [-0.05, 0) is 67.8 Å². The number of carbonyl (C=O) groups is 1. The second-order valence-corrected chi connectivity index (χ2v) is 6.85. The molecule has 1 atom stereocenters. The molecule has 4 nitrogen and oxygen atoms in total. The van der Waals surface area contributed by atoms with E-state index in [0.29, 0.717) is 0 Å². The molecule has 0 aliphatic carbocycles. The zero-order valence-corrected chi connectivity index (χ0v) is 16.3. The molecule has 0 saturated heterocycles. The molecule has 0 aliphatic rings. The number of carbonyl (C=O) groups excluding carboxylic acids is 1. The normalized spacial score (nSPS) is 12.3. The van der Waals surface area contributed by atoms with E-state index in [1.165, 1.54) is 11.1 Å². The molecule has 2 aromatic carbocycles. The van der Waals surface area contributed by atoms with Gasteiger partial charge >= 0.3 is 0 Å². The molecule has 1 N–H and O–H groups in total. The van der Waals surface area contributed by atoms with Crippen molar-refractivity contribution in [1.29, 1.82) is 5.26 Å². The summed E-state index contributed by atoms with van der Waals surface area (Å²) in [6.45, 7) is 6.04. The van der Waals surface area contributed by atoms with Crippen molar-refractivity contribution >= 4 is 12.0 Å². The van der Waals surface area contributed by atoms with Gasteiger partial charge in [-0.2, -0.15) is 5.26 Å². The summed E-state index contributed by atoms with van der Waals surface area (Å²) in [5.74, 6) is -0.383. The van der Waals surface area contributed by atoms with Crippen LogP contribution in [0.3, 0.4) is 0 Å². The maximum atomic E-state index is 12.6. The summed E-state index contributed by atoms with van der Waals surface area (Å²) >= 11 is 0. The predicted molar refractivity (Wildman–Crippen MR) is 112 cm³/mol. The Balaban J connectivity index is 1.85. The number of hydrogen-bond donors (Lipinski definition) is 1. The van der Waals surface area contributed by atoms with Crippen molar-refractivity contribution in [3.63, 3.8) is 0 Å². The molecule has 3 rings (SSSR count). The Kier molecular flexibility index (Phi) is 5.76. The van der Waals surface area contributed by atoms with Crippen molar-refractivity contribution in [1.82, 2.24) is 9.88 Å². The van der Waals surface area contributed by atoms with E-state index in [0.717, 1.165) is 16.9 Å². The number of amides is 1. The van der Waals surface area contributed by atoms with Crippen LogP contribution in [0.1, 0.15) is 35.3 Å². The lowest BCUT2D eigenvalue weighted by atomic mass is 10.1. The van der Waals surface area contributed by atoms with Gasteiger partial charge in [0.25, 0.3) is 5.91 Å². The molecular formula is C24H23N3O. The molecular weight excluding hydrogens is 346 g/mol. The van der Waals surface area contributed by atoms with Gasteiger partial charge in [0.05, 0.1) is 6.04 Å². The van der Waals surface area contributed by atoms with Gasteiger partial charge in [0.1, 0.15) is 11.6 Å². The molecule has 0 unspecified atom stereocenters. The molecule has 140 valence electrons. The van der Waals surface area contributed by atoms with E-state index in [2.05, 4.69) is 31.3 Å². The summed E-state index contributed by atoms with van der Waals surface area (Å²) in [5, 5.41) is 12.4. The van der Waals surface area contributed by atoms with E-state index in [1.54, 1.807) is 6.08 Å². The topological polar surface area (TPSA) is 57.8 Å². The van der Waals surface area contributed by atoms with E-state index in [9.17, 15) is 10.1 Å². The van der Waals surface area contributed by atoms with Crippen LogP contribution in [0.25, 0.3) is 11.8 Å². The number of aryl methyl sites for hydroxylation is 2. The Bertz CT molecular complexity index is 1050. The van der Waals surface area contributed by atoms with Gasteiger partial charge in [-0.15, -0.1) is 0 Å². The summed E-state index contributed by atoms with van der Waals surface area (Å²) < 4.78 is 1.97. The third-order valence-electron chi connectivity index (χ3n) is 4.85. The van der Waals surface area contributed by atoms with Crippen molar-refractivity contribution in [3.8, 4) is 11.8 Å². The standard InChI is InChI=1S/C24H23N3O/c1-17-11-12-23(14-18(17)2)27-13-7-10-22(27)15-21(16-25)24(28)26-19(3)20-8-5-4-6-9-20/h4-15,19H,1-3H3,(H,26,28)/b21-15-/t19-/m1/s1. The number of aromatic nitrogens is 1. The molecule has 1 heterocycles. The number of rotatable bonds is 5. The van der Waals surface area contributed by atoms with Gasteiger partial charge in [0.15, 0.2) is 0 Å². The maximum absolute atomic E-state index is 12.6. The van der Waals surface area contributed by atoms with Gasteiger partial charge in [0.2, 0.25) is 0 Å². The zero-order valence-electron chi connectivity index (χ0n) is 16.3. The molecule has 0 spiro atoms. The second kappa shape index (κ2) is 8.41. The first kappa shape index (κ1) is 19.2. The van der Waals surface area contributed by atoms with Crippen molar-refractivity contribution in [2.45, 2.75) is 26.8 Å². The lowest BCUT2D eigenvalue weighted by molar-refractivity contribution is -0.117. The van der Waals surface area contributed by atoms with E-state index in [1.807, 2.05) is 72.3 Å². The lowest BCUT2D eigenvalue weighted by Gasteiger charge is -2.14. The average molecular weight is 369 g/mol. The van der Waals surface area contributed by atoms with Crippen LogP contribution in [0.5, 0.6) is 0 Å². The van der Waals surface area contributed by atoms with Crippen LogP contribution in [-0.4, -0.2) is 10.5 Å². The van der Waals surface area contributed by atoms with Gasteiger partial charge < -0.3 is 9.88 Å². The SMILES string of the molecule is Cc1ccc(-n2cccc2/C=C(/C#N)C(=O)N[C@H](C)c2ccccc2)cc1C. The molecule has 1 amide bonds. The third-order valence-corrected chi connectivity index (χ3v) is 4.85. The van der Waals surface area contributed by atoms with Crippen molar-refractivity contribution in [2.24, 2.45) is 0 Å². The molecule has 1 aromatic heterocycles. The molecule has 0 saturated carbocycles. The molecule has 0 fully saturated rings. The van der Waals surface area contributed by atoms with Gasteiger partial charge in [-0.3, -0.25) is 4.79 Å². The highest BCUT2D eigenvalue weighted by Gasteiger charge is 2.14. The van der Waals surface area contributed by atoms with Crippen LogP contribution < -0.4 is 5.32 Å². The molecule has 0 aliphatic heterocycles. The Morgan fingerprint density at radius 2 is 1.82 bits per heavy atom. The van der Waals surface area contributed by atoms with E-state index < -0.39 is 0 Å². The van der Waals surface area contributed by atoms with Crippen LogP contribution in [0.15, 0.2) is 72.4 Å². The van der Waals surface area contributed by atoms with Crippen LogP contribution in [0, 0.1) is 25.2 Å². The summed E-state index contributed by atoms with van der Waals surface area (Å²) in [5.41, 5.74) is 5.26. The highest BCUT2D eigenvalue weighted by atomic mass is 16.1. The first-order chi connectivity index (χ1) is 13.5. The summed E-state index contributed by atoms with van der Waals surface area (Å²) in [6, 6.07) is 21.5. The fourth-order valence-electron chi connectivity index (χ4n) is 3.02. The first-order valence-electron chi connectivity index (χ1n) is 9.22. The maximum Gasteiger partial charge on any atom is 0.262 e. The number of nitriles is 1. The minimum atomic E-state index is -0.383. The summed E-state index contributed by atoms with van der Waals surface area (Å²) in [7, 11) is 0. The Hall–Kier alpha value is -3.58. The zero-order chi connectivity index (χ0) is 20.1. The summed E-state index contributed by atoms with van der Waals surface area (Å²) in [4.78, 5) is 12.6. The van der Waals surface area contributed by atoms with Crippen molar-refractivity contribution < 1.29 is 4.79 Å². The van der Waals surface area contributed by atoms with Crippen LogP contribution in [0.4, 0.5) is 0 Å². The molecule has 0 radical (unpaired) electrons. The minimum absolute atomic E-state index is 0.0755. The molecule has 4 heteroatoms. The second-order valence-electron chi connectivity index (χ2n) is 6.85. The average Bonchev–Trinajstić information content (AvgIpc) is 3.17. The summed E-state index contributed by atoms with van der Waals surface area (Å²) in [6.07, 6.45) is 3.55. The Morgan fingerprint density at radius 3 is 2.50 bits per heavy atom. The fourth-order valence-corrected chi connectivity index (χ4v) is 3.02. The largest absolute Gasteiger partial charge is 0.345 e. The molecule has 28 heavy (non-hydrogen) atoms. The molecule has 3 aromatic rings. The highest BCUT2D eigenvalue weighted by Crippen LogP contribution is 2.19. The predicted octanol–water partition coefficient (Wildman–Crippen LogP) is 4.88. The fraction of sp³-hybridized carbons (Fsp3) is 0.167. The van der Waals surface area contributed by atoms with Crippen LogP contribution >= 0.6 is 0 Å². The lowest BCUT2D eigenvalue weighted by Crippen LogP contribution is -2.27. The number of benzene rings is 2. The number of nitrogens with zero attached hydrogens (tertiary/aromatic N) is 2. The van der Waals surface area contributed by atoms with Gasteiger partial charge in [-0.1, -0.05) is 36.4 Å². The number of hydrogen-bond acceptors (Lipinski definition) is 2. The van der Waals surface area contributed by atoms with E-state index in [-0.39, 0.29) is 17.5 Å². The molecule has 0 bridgehead atoms. The third kappa shape index (κ3) is 4.21. The number of nitrogens with one attached hydrogen (secondary N) is 1. The van der Waals surface area contributed by atoms with Gasteiger partial charge in [-0.25, -0.2) is 0 Å². The van der Waals surface area contributed by atoms with Gasteiger partial charge in [0, 0.05) is 17.6 Å². The van der Waals surface area contributed by atoms with E-state index >= 15 is 0 Å². The van der Waals surface area contributed by atoms with Crippen molar-refractivity contribution in [2.75, 3.05) is 0 Å². The smallest absolute Gasteiger partial charge is 0.262 e. The quantitative estimate of drug-likeness (QED) is 0.515. The first-order valence-corrected chi connectivity index (χ1v) is 9.22.